The number of benzene rings is 1. The number of aromatic hydroxyl groups is 2. The van der Waals surface area contributed by atoms with Crippen molar-refractivity contribution in [3.05, 3.63) is 52.2 Å². The number of hydrogen-bond donors (Lipinski definition) is 3. The lowest BCUT2D eigenvalue weighted by molar-refractivity contribution is -0.385. The summed E-state index contributed by atoms with van der Waals surface area (Å²) < 4.78 is 0. The van der Waals surface area contributed by atoms with E-state index in [0.717, 1.165) is 11.8 Å². The Morgan fingerprint density at radius 3 is 2.83 bits per heavy atom. The molecule has 0 saturated carbocycles. The van der Waals surface area contributed by atoms with Gasteiger partial charge >= 0.3 is 5.69 Å². The van der Waals surface area contributed by atoms with Crippen LogP contribution in [0.2, 0.25) is 0 Å². The summed E-state index contributed by atoms with van der Waals surface area (Å²) in [5.41, 5.74) is 0.963. The molecule has 2 heterocycles. The van der Waals surface area contributed by atoms with Crippen LogP contribution in [-0.2, 0) is 0 Å². The maximum Gasteiger partial charge on any atom is 0.315 e. The van der Waals surface area contributed by atoms with Crippen molar-refractivity contribution in [2.24, 2.45) is 0 Å². The van der Waals surface area contributed by atoms with Gasteiger partial charge in [0, 0.05) is 23.2 Å². The van der Waals surface area contributed by atoms with Crippen LogP contribution in [0.4, 0.5) is 16.5 Å². The molecular weight excluding hydrogens is 320 g/mol. The van der Waals surface area contributed by atoms with Crippen molar-refractivity contribution >= 4 is 27.8 Å². The highest BCUT2D eigenvalue weighted by molar-refractivity contribution is 7.14. The first-order chi connectivity index (χ1) is 11.0. The largest absolute Gasteiger partial charge is 0.504 e. The van der Waals surface area contributed by atoms with Gasteiger partial charge in [-0.2, -0.15) is 0 Å². The number of phenols is 2. The Hall–Kier alpha value is -3.20. The van der Waals surface area contributed by atoms with Crippen molar-refractivity contribution < 1.29 is 15.1 Å². The summed E-state index contributed by atoms with van der Waals surface area (Å²) in [6.45, 7) is 0. The lowest BCUT2D eigenvalue weighted by Crippen LogP contribution is -1.91. The lowest BCUT2D eigenvalue weighted by atomic mass is 10.1. The SMILES string of the molecule is O=[N+]([O-])c1cc(-c2csc(Nc3cccnc3)n2)cc(O)c1O. The highest BCUT2D eigenvalue weighted by Gasteiger charge is 2.20. The normalized spacial score (nSPS) is 10.4. The number of nitrogens with one attached hydrogen (secondary N) is 1. The Bertz CT molecular complexity index is 866. The third kappa shape index (κ3) is 3.04. The summed E-state index contributed by atoms with van der Waals surface area (Å²) in [4.78, 5) is 18.4. The van der Waals surface area contributed by atoms with E-state index in [4.69, 9.17) is 0 Å². The Morgan fingerprint density at radius 1 is 1.30 bits per heavy atom. The van der Waals surface area contributed by atoms with Crippen molar-refractivity contribution in [3.63, 3.8) is 0 Å². The fourth-order valence-electron chi connectivity index (χ4n) is 1.92. The molecule has 1 aromatic carbocycles. The summed E-state index contributed by atoms with van der Waals surface area (Å²) in [6.07, 6.45) is 3.29. The molecule has 23 heavy (non-hydrogen) atoms. The summed E-state index contributed by atoms with van der Waals surface area (Å²) >= 11 is 1.30. The number of phenolic OH excluding ortho intramolecular Hbond substituents is 2. The number of nitro groups is 1. The van der Waals surface area contributed by atoms with Gasteiger partial charge in [0.15, 0.2) is 10.9 Å². The topological polar surface area (TPSA) is 121 Å². The molecule has 3 rings (SSSR count). The minimum atomic E-state index is -0.764. The molecule has 0 aliphatic heterocycles. The van der Waals surface area contributed by atoms with Crippen molar-refractivity contribution in [1.29, 1.82) is 0 Å². The van der Waals surface area contributed by atoms with Crippen molar-refractivity contribution in [1.82, 2.24) is 9.97 Å². The number of anilines is 2. The predicted molar refractivity (Wildman–Crippen MR) is 85.1 cm³/mol. The molecule has 0 atom stereocenters. The van der Waals surface area contributed by atoms with Crippen LogP contribution in [0.1, 0.15) is 0 Å². The summed E-state index contributed by atoms with van der Waals surface area (Å²) in [7, 11) is 0. The molecule has 0 aliphatic rings. The number of rotatable bonds is 4. The van der Waals surface area contributed by atoms with Gasteiger partial charge in [-0.15, -0.1) is 11.3 Å². The van der Waals surface area contributed by atoms with Gasteiger partial charge in [0.1, 0.15) is 0 Å². The maximum atomic E-state index is 10.9. The fourth-order valence-corrected chi connectivity index (χ4v) is 2.66. The number of aromatic nitrogens is 2. The molecule has 0 aliphatic carbocycles. The van der Waals surface area contributed by atoms with E-state index in [0.29, 0.717) is 16.4 Å². The molecule has 0 saturated heterocycles. The average molecular weight is 330 g/mol. The van der Waals surface area contributed by atoms with E-state index < -0.39 is 22.1 Å². The molecule has 0 unspecified atom stereocenters. The van der Waals surface area contributed by atoms with E-state index in [1.165, 1.54) is 17.4 Å². The second kappa shape index (κ2) is 5.89. The quantitative estimate of drug-likeness (QED) is 0.381. The number of hydrogen-bond acceptors (Lipinski definition) is 8. The molecule has 2 aromatic heterocycles. The maximum absolute atomic E-state index is 10.9. The molecular formula is C14H10N4O4S. The van der Waals surface area contributed by atoms with Crippen LogP contribution in [0.3, 0.4) is 0 Å². The zero-order valence-electron chi connectivity index (χ0n) is 11.5. The summed E-state index contributed by atoms with van der Waals surface area (Å²) in [5.74, 6) is -1.33. The van der Waals surface area contributed by atoms with Crippen molar-refractivity contribution in [2.75, 3.05) is 5.32 Å². The van der Waals surface area contributed by atoms with Crippen LogP contribution in [0.5, 0.6) is 11.5 Å². The van der Waals surface area contributed by atoms with Gasteiger partial charge in [-0.3, -0.25) is 15.1 Å². The van der Waals surface area contributed by atoms with E-state index in [-0.39, 0.29) is 0 Å². The molecule has 0 amide bonds. The molecule has 0 spiro atoms. The highest BCUT2D eigenvalue weighted by atomic mass is 32.1. The standard InChI is InChI=1S/C14H10N4O4S/c19-12-5-8(4-11(13(12)20)18(21)22)10-7-23-14(17-10)16-9-2-1-3-15-6-9/h1-7,19-20H,(H,16,17). The van der Waals surface area contributed by atoms with Gasteiger partial charge in [0.2, 0.25) is 5.75 Å². The number of nitrogens with zero attached hydrogens (tertiary/aromatic N) is 3. The minimum Gasteiger partial charge on any atom is -0.504 e. The smallest absolute Gasteiger partial charge is 0.315 e. The van der Waals surface area contributed by atoms with Crippen LogP contribution in [0.15, 0.2) is 42.0 Å². The van der Waals surface area contributed by atoms with Gasteiger partial charge < -0.3 is 15.5 Å². The van der Waals surface area contributed by atoms with Gasteiger partial charge in [0.05, 0.1) is 22.5 Å². The average Bonchev–Trinajstić information content (AvgIpc) is 2.99. The zero-order chi connectivity index (χ0) is 16.4. The van der Waals surface area contributed by atoms with E-state index in [1.54, 1.807) is 23.8 Å². The zero-order valence-corrected chi connectivity index (χ0v) is 12.3. The molecule has 8 nitrogen and oxygen atoms in total. The molecule has 3 aromatic rings. The molecule has 116 valence electrons. The van der Waals surface area contributed by atoms with Gasteiger partial charge in [-0.05, 0) is 18.2 Å². The Kier molecular flexibility index (Phi) is 3.77. The van der Waals surface area contributed by atoms with Crippen molar-refractivity contribution in [3.8, 4) is 22.8 Å². The molecule has 0 bridgehead atoms. The van der Waals surface area contributed by atoms with Gasteiger partial charge in [-0.25, -0.2) is 4.98 Å². The first-order valence-corrected chi connectivity index (χ1v) is 7.26. The van der Waals surface area contributed by atoms with Crippen LogP contribution in [-0.4, -0.2) is 25.1 Å². The first-order valence-electron chi connectivity index (χ1n) is 6.38. The molecule has 0 radical (unpaired) electrons. The third-order valence-electron chi connectivity index (χ3n) is 2.98. The second-order valence-electron chi connectivity index (χ2n) is 4.52. The highest BCUT2D eigenvalue weighted by Crippen LogP contribution is 2.40. The molecule has 3 N–H and O–H groups in total. The molecule has 9 heteroatoms. The second-order valence-corrected chi connectivity index (χ2v) is 5.38. The predicted octanol–water partition coefficient (Wildman–Crippen LogP) is 3.27. The van der Waals surface area contributed by atoms with Crippen LogP contribution in [0.25, 0.3) is 11.3 Å². The van der Waals surface area contributed by atoms with E-state index in [2.05, 4.69) is 15.3 Å². The Morgan fingerprint density at radius 2 is 2.13 bits per heavy atom. The third-order valence-corrected chi connectivity index (χ3v) is 3.74. The fraction of sp³-hybridized carbons (Fsp3) is 0. The van der Waals surface area contributed by atoms with Crippen LogP contribution >= 0.6 is 11.3 Å². The monoisotopic (exact) mass is 330 g/mol. The number of thiazole rings is 1. The lowest BCUT2D eigenvalue weighted by Gasteiger charge is -2.03. The number of nitro benzene ring substituents is 1. The van der Waals surface area contributed by atoms with E-state index in [1.807, 2.05) is 6.07 Å². The molecule has 0 fully saturated rings. The summed E-state index contributed by atoms with van der Waals surface area (Å²) in [6, 6.07) is 5.99. The summed E-state index contributed by atoms with van der Waals surface area (Å²) in [5, 5.41) is 35.4. The Balaban J connectivity index is 1.93. The van der Waals surface area contributed by atoms with E-state index in [9.17, 15) is 20.3 Å². The van der Waals surface area contributed by atoms with Gasteiger partial charge in [-0.1, -0.05) is 0 Å². The van der Waals surface area contributed by atoms with Crippen molar-refractivity contribution in [2.45, 2.75) is 0 Å². The van der Waals surface area contributed by atoms with Crippen LogP contribution < -0.4 is 5.32 Å². The van der Waals surface area contributed by atoms with E-state index >= 15 is 0 Å². The Labute approximate surface area is 133 Å². The van der Waals surface area contributed by atoms with Gasteiger partial charge in [0.25, 0.3) is 0 Å². The first kappa shape index (κ1) is 14.7. The number of pyridine rings is 1. The van der Waals surface area contributed by atoms with Crippen LogP contribution in [0, 0.1) is 10.1 Å². The minimum absolute atomic E-state index is 0.336.